The Morgan fingerprint density at radius 1 is 1.56 bits per heavy atom. The molecule has 0 aromatic carbocycles. The van der Waals surface area contributed by atoms with Crippen LogP contribution in [-0.2, 0) is 0 Å². The van der Waals surface area contributed by atoms with Gasteiger partial charge in [0.25, 0.3) is 5.91 Å². The number of nitrogens with zero attached hydrogens (tertiary/aromatic N) is 2. The number of carbonyl (C=O) groups is 1. The van der Waals surface area contributed by atoms with E-state index in [1.165, 1.54) is 0 Å². The second kappa shape index (κ2) is 6.20. The molecule has 1 fully saturated rings. The summed E-state index contributed by atoms with van der Waals surface area (Å²) in [7, 11) is 0. The maximum atomic E-state index is 12.2. The minimum Gasteiger partial charge on any atom is -0.334 e. The molecule has 1 aliphatic heterocycles. The van der Waals surface area contributed by atoms with Crippen molar-refractivity contribution in [2.24, 2.45) is 0 Å². The number of aromatic nitrogens is 2. The molecule has 6 heteroatoms. The van der Waals surface area contributed by atoms with Crippen LogP contribution >= 0.6 is 12.4 Å². The quantitative estimate of drug-likeness (QED) is 0.855. The van der Waals surface area contributed by atoms with Gasteiger partial charge >= 0.3 is 0 Å². The lowest BCUT2D eigenvalue weighted by Crippen LogP contribution is -2.51. The highest BCUT2D eigenvalue weighted by Gasteiger charge is 2.23. The van der Waals surface area contributed by atoms with Crippen molar-refractivity contribution in [3.63, 3.8) is 0 Å². The second-order valence-corrected chi connectivity index (χ2v) is 4.97. The largest absolute Gasteiger partial charge is 0.334 e. The number of rotatable bonds is 2. The van der Waals surface area contributed by atoms with Gasteiger partial charge in [0.15, 0.2) is 0 Å². The number of amides is 1. The molecule has 1 saturated heterocycles. The minimum atomic E-state index is 0. The van der Waals surface area contributed by atoms with E-state index in [9.17, 15) is 4.79 Å². The fraction of sp³-hybridized carbons (Fsp3) is 0.667. The third-order valence-electron chi connectivity index (χ3n) is 3.09. The molecule has 1 atom stereocenters. The van der Waals surface area contributed by atoms with Crippen LogP contribution < -0.4 is 5.32 Å². The summed E-state index contributed by atoms with van der Waals surface area (Å²) in [6, 6.07) is 2.22. The maximum absolute atomic E-state index is 12.2. The third kappa shape index (κ3) is 3.23. The fourth-order valence-corrected chi connectivity index (χ4v) is 2.02. The van der Waals surface area contributed by atoms with Gasteiger partial charge in [0, 0.05) is 31.4 Å². The summed E-state index contributed by atoms with van der Waals surface area (Å²) in [6.07, 6.45) is 0. The first-order chi connectivity index (χ1) is 8.08. The minimum absolute atomic E-state index is 0. The highest BCUT2D eigenvalue weighted by molar-refractivity contribution is 5.92. The summed E-state index contributed by atoms with van der Waals surface area (Å²) >= 11 is 0. The predicted octanol–water partition coefficient (Wildman–Crippen LogP) is 1.39. The Balaban J connectivity index is 0.00000162. The molecule has 2 rings (SSSR count). The number of H-pyrrole nitrogens is 1. The Kier molecular flexibility index (Phi) is 5.16. The van der Waals surface area contributed by atoms with Crippen molar-refractivity contribution in [1.82, 2.24) is 20.4 Å². The Labute approximate surface area is 114 Å². The first kappa shape index (κ1) is 15.0. The molecule has 0 aliphatic carbocycles. The number of nitrogens with one attached hydrogen (secondary N) is 2. The summed E-state index contributed by atoms with van der Waals surface area (Å²) < 4.78 is 0. The van der Waals surface area contributed by atoms with Crippen LogP contribution in [0.1, 0.15) is 42.9 Å². The summed E-state index contributed by atoms with van der Waals surface area (Å²) in [5, 5.41) is 10.3. The van der Waals surface area contributed by atoms with E-state index in [1.807, 2.05) is 11.0 Å². The lowest BCUT2D eigenvalue weighted by molar-refractivity contribution is 0.0703. The molecule has 0 saturated carbocycles. The number of aromatic amines is 1. The van der Waals surface area contributed by atoms with Crippen molar-refractivity contribution in [1.29, 1.82) is 0 Å². The fourth-order valence-electron chi connectivity index (χ4n) is 2.02. The zero-order valence-electron chi connectivity index (χ0n) is 11.1. The predicted molar refractivity (Wildman–Crippen MR) is 73.3 cm³/mol. The molecule has 0 radical (unpaired) electrons. The molecule has 2 heterocycles. The van der Waals surface area contributed by atoms with Gasteiger partial charge in [-0.25, -0.2) is 0 Å². The number of hydrogen-bond acceptors (Lipinski definition) is 3. The van der Waals surface area contributed by atoms with Crippen LogP contribution in [0.25, 0.3) is 0 Å². The Morgan fingerprint density at radius 3 is 2.83 bits per heavy atom. The number of halogens is 1. The zero-order chi connectivity index (χ0) is 12.4. The molecule has 1 aliphatic rings. The monoisotopic (exact) mass is 272 g/mol. The smallest absolute Gasteiger partial charge is 0.274 e. The number of piperazine rings is 1. The normalized spacial score (nSPS) is 19.8. The van der Waals surface area contributed by atoms with Crippen molar-refractivity contribution in [2.45, 2.75) is 32.7 Å². The van der Waals surface area contributed by atoms with E-state index >= 15 is 0 Å². The van der Waals surface area contributed by atoms with E-state index < -0.39 is 0 Å². The molecule has 2 N–H and O–H groups in total. The molecular weight excluding hydrogens is 252 g/mol. The molecule has 1 aromatic heterocycles. The van der Waals surface area contributed by atoms with E-state index in [4.69, 9.17) is 0 Å². The Bertz CT molecular complexity index is 405. The first-order valence-corrected chi connectivity index (χ1v) is 6.16. The SMILES string of the molecule is CC1CN(C(=O)c2cc(C(C)C)[nH]n2)CCN1.Cl. The van der Waals surface area contributed by atoms with Gasteiger partial charge in [0.1, 0.15) is 5.69 Å². The molecule has 0 spiro atoms. The third-order valence-corrected chi connectivity index (χ3v) is 3.09. The zero-order valence-corrected chi connectivity index (χ0v) is 11.9. The van der Waals surface area contributed by atoms with Gasteiger partial charge in [-0.3, -0.25) is 9.89 Å². The topological polar surface area (TPSA) is 61.0 Å². The lowest BCUT2D eigenvalue weighted by atomic mass is 10.1. The van der Waals surface area contributed by atoms with Gasteiger partial charge in [-0.2, -0.15) is 5.10 Å². The van der Waals surface area contributed by atoms with E-state index in [1.54, 1.807) is 0 Å². The van der Waals surface area contributed by atoms with E-state index in [-0.39, 0.29) is 18.3 Å². The van der Waals surface area contributed by atoms with E-state index in [0.29, 0.717) is 17.7 Å². The van der Waals surface area contributed by atoms with Crippen LogP contribution in [0, 0.1) is 0 Å². The molecule has 1 aromatic rings. The van der Waals surface area contributed by atoms with Gasteiger partial charge in [0.2, 0.25) is 0 Å². The average molecular weight is 273 g/mol. The summed E-state index contributed by atoms with van der Waals surface area (Å²) in [5.74, 6) is 0.396. The van der Waals surface area contributed by atoms with Crippen LogP contribution in [0.3, 0.4) is 0 Å². The maximum Gasteiger partial charge on any atom is 0.274 e. The van der Waals surface area contributed by atoms with Crippen LogP contribution in [0.2, 0.25) is 0 Å². The van der Waals surface area contributed by atoms with Gasteiger partial charge in [-0.1, -0.05) is 13.8 Å². The van der Waals surface area contributed by atoms with Crippen molar-refractivity contribution in [3.05, 3.63) is 17.5 Å². The van der Waals surface area contributed by atoms with Crippen molar-refractivity contribution < 1.29 is 4.79 Å². The highest BCUT2D eigenvalue weighted by Crippen LogP contribution is 2.13. The van der Waals surface area contributed by atoms with E-state index in [0.717, 1.165) is 25.3 Å². The van der Waals surface area contributed by atoms with Gasteiger partial charge < -0.3 is 10.2 Å². The molecule has 5 nitrogen and oxygen atoms in total. The number of hydrogen-bond donors (Lipinski definition) is 2. The lowest BCUT2D eigenvalue weighted by Gasteiger charge is -2.31. The summed E-state index contributed by atoms with van der Waals surface area (Å²) in [4.78, 5) is 14.1. The van der Waals surface area contributed by atoms with Crippen molar-refractivity contribution >= 4 is 18.3 Å². The molecule has 18 heavy (non-hydrogen) atoms. The van der Waals surface area contributed by atoms with Crippen molar-refractivity contribution in [2.75, 3.05) is 19.6 Å². The van der Waals surface area contributed by atoms with Gasteiger partial charge in [-0.15, -0.1) is 12.4 Å². The van der Waals surface area contributed by atoms with Crippen LogP contribution in [-0.4, -0.2) is 46.7 Å². The Morgan fingerprint density at radius 2 is 2.28 bits per heavy atom. The number of carbonyl (C=O) groups excluding carboxylic acids is 1. The summed E-state index contributed by atoms with van der Waals surface area (Å²) in [6.45, 7) is 8.61. The first-order valence-electron chi connectivity index (χ1n) is 6.16. The van der Waals surface area contributed by atoms with Crippen LogP contribution in [0.15, 0.2) is 6.07 Å². The molecule has 0 bridgehead atoms. The summed E-state index contributed by atoms with van der Waals surface area (Å²) in [5.41, 5.74) is 1.54. The standard InChI is InChI=1S/C12H20N4O.ClH/c1-8(2)10-6-11(15-14-10)12(17)16-5-4-13-9(3)7-16;/h6,8-9,13H,4-5,7H2,1-3H3,(H,14,15);1H. The van der Waals surface area contributed by atoms with Gasteiger partial charge in [0.05, 0.1) is 0 Å². The molecule has 1 amide bonds. The second-order valence-electron chi connectivity index (χ2n) is 4.97. The molecular formula is C12H21ClN4O. The molecule has 102 valence electrons. The van der Waals surface area contributed by atoms with Gasteiger partial charge in [-0.05, 0) is 18.9 Å². The molecule has 1 unspecified atom stereocenters. The Hall–Kier alpha value is -1.07. The van der Waals surface area contributed by atoms with E-state index in [2.05, 4.69) is 36.3 Å². The van der Waals surface area contributed by atoms with Crippen molar-refractivity contribution in [3.8, 4) is 0 Å². The van der Waals surface area contributed by atoms with Crippen LogP contribution in [0.4, 0.5) is 0 Å². The average Bonchev–Trinajstić information content (AvgIpc) is 2.77. The highest BCUT2D eigenvalue weighted by atomic mass is 35.5. The van der Waals surface area contributed by atoms with Crippen LogP contribution in [0.5, 0.6) is 0 Å².